The third kappa shape index (κ3) is 8.05. The standard InChI is InChI=1S/C27H27N3O8/c1-3-15-36-21-12-10-20(11-13-21)27(32)38-24-14-9-19(16-25(24)35-4-2)17-28-29-26(31)18-37-23-8-6-5-7-22(23)30(33)34/h5-14,16-17H,3-4,15,18H2,1-2H3,(H,29,31)/b28-17-. The maximum absolute atomic E-state index is 12.6. The predicted molar refractivity (Wildman–Crippen MR) is 139 cm³/mol. The van der Waals surface area contributed by atoms with Gasteiger partial charge in [0.25, 0.3) is 5.91 Å². The average Bonchev–Trinajstić information content (AvgIpc) is 2.92. The molecule has 1 N–H and O–H groups in total. The molecule has 0 spiro atoms. The predicted octanol–water partition coefficient (Wildman–Crippen LogP) is 4.53. The lowest BCUT2D eigenvalue weighted by molar-refractivity contribution is -0.385. The molecule has 0 aliphatic heterocycles. The average molecular weight is 522 g/mol. The number of hydrogen-bond acceptors (Lipinski definition) is 9. The summed E-state index contributed by atoms with van der Waals surface area (Å²) in [4.78, 5) is 35.1. The molecule has 0 heterocycles. The number of nitrogens with one attached hydrogen (secondary N) is 1. The second-order valence-electron chi connectivity index (χ2n) is 7.71. The molecule has 198 valence electrons. The van der Waals surface area contributed by atoms with Crippen LogP contribution < -0.4 is 24.4 Å². The molecule has 3 rings (SSSR count). The highest BCUT2D eigenvalue weighted by molar-refractivity contribution is 5.92. The Kier molecular flexibility index (Phi) is 10.2. The van der Waals surface area contributed by atoms with Crippen LogP contribution in [0, 0.1) is 10.1 Å². The van der Waals surface area contributed by atoms with Crippen LogP contribution in [0.15, 0.2) is 71.8 Å². The molecular weight excluding hydrogens is 494 g/mol. The molecule has 0 radical (unpaired) electrons. The van der Waals surface area contributed by atoms with E-state index in [1.807, 2.05) is 6.92 Å². The number of esters is 1. The van der Waals surface area contributed by atoms with Crippen LogP contribution in [0.1, 0.15) is 36.2 Å². The number of carbonyl (C=O) groups excluding carboxylic acids is 2. The maximum Gasteiger partial charge on any atom is 0.343 e. The molecule has 0 aliphatic rings. The molecule has 0 fully saturated rings. The van der Waals surface area contributed by atoms with Gasteiger partial charge >= 0.3 is 11.7 Å². The third-order valence-electron chi connectivity index (χ3n) is 4.86. The number of ether oxygens (including phenoxy) is 4. The Balaban J connectivity index is 1.59. The summed E-state index contributed by atoms with van der Waals surface area (Å²) in [5.41, 5.74) is 2.96. The summed E-state index contributed by atoms with van der Waals surface area (Å²) in [6.45, 7) is 4.25. The van der Waals surface area contributed by atoms with Gasteiger partial charge in [0, 0.05) is 6.07 Å². The summed E-state index contributed by atoms with van der Waals surface area (Å²) in [7, 11) is 0. The topological polar surface area (TPSA) is 139 Å². The van der Waals surface area contributed by atoms with Crippen LogP contribution >= 0.6 is 0 Å². The van der Waals surface area contributed by atoms with Crippen LogP contribution in [0.2, 0.25) is 0 Å². The fourth-order valence-electron chi connectivity index (χ4n) is 3.11. The Bertz CT molecular complexity index is 1290. The summed E-state index contributed by atoms with van der Waals surface area (Å²) in [5, 5.41) is 14.9. The highest BCUT2D eigenvalue weighted by Crippen LogP contribution is 2.29. The van der Waals surface area contributed by atoms with Crippen LogP contribution in [-0.2, 0) is 4.79 Å². The fourth-order valence-corrected chi connectivity index (χ4v) is 3.11. The lowest BCUT2D eigenvalue weighted by atomic mass is 10.2. The summed E-state index contributed by atoms with van der Waals surface area (Å²) in [6, 6.07) is 17.2. The molecule has 3 aromatic rings. The quantitative estimate of drug-likeness (QED) is 0.114. The van der Waals surface area contributed by atoms with Gasteiger partial charge in [-0.15, -0.1) is 0 Å². The van der Waals surface area contributed by atoms with Gasteiger partial charge in [0.15, 0.2) is 23.9 Å². The van der Waals surface area contributed by atoms with Crippen molar-refractivity contribution in [1.29, 1.82) is 0 Å². The molecule has 0 aromatic heterocycles. The molecule has 0 saturated carbocycles. The molecule has 1 amide bonds. The SMILES string of the molecule is CCCOc1ccc(C(=O)Oc2ccc(/C=N\NC(=O)COc3ccccc3[N+](=O)[O-])cc2OCC)cc1. The number of nitro benzene ring substituents is 1. The number of hydrazone groups is 1. The van der Waals surface area contributed by atoms with E-state index in [4.69, 9.17) is 18.9 Å². The molecule has 0 aliphatic carbocycles. The Hall–Kier alpha value is -4.93. The van der Waals surface area contributed by atoms with E-state index in [0.717, 1.165) is 6.42 Å². The van der Waals surface area contributed by atoms with Gasteiger partial charge in [0.1, 0.15) is 5.75 Å². The van der Waals surface area contributed by atoms with E-state index in [2.05, 4.69) is 10.5 Å². The highest BCUT2D eigenvalue weighted by Gasteiger charge is 2.15. The van der Waals surface area contributed by atoms with Gasteiger partial charge in [-0.3, -0.25) is 14.9 Å². The molecule has 0 unspecified atom stereocenters. The molecule has 11 nitrogen and oxygen atoms in total. The van der Waals surface area contributed by atoms with Gasteiger partial charge in [0.2, 0.25) is 0 Å². The van der Waals surface area contributed by atoms with Gasteiger partial charge in [-0.1, -0.05) is 19.1 Å². The number of nitrogens with zero attached hydrogens (tertiary/aromatic N) is 2. The van der Waals surface area contributed by atoms with Crippen LogP contribution in [0.25, 0.3) is 0 Å². The molecular formula is C27H27N3O8. The minimum atomic E-state index is -0.610. The second kappa shape index (κ2) is 14.0. The van der Waals surface area contributed by atoms with Crippen molar-refractivity contribution in [2.75, 3.05) is 19.8 Å². The van der Waals surface area contributed by atoms with Crippen LogP contribution in [0.4, 0.5) is 5.69 Å². The number of hydrogen-bond donors (Lipinski definition) is 1. The lowest BCUT2D eigenvalue weighted by Gasteiger charge is -2.12. The van der Waals surface area contributed by atoms with Crippen molar-refractivity contribution in [1.82, 2.24) is 5.43 Å². The Labute approximate surface area is 219 Å². The summed E-state index contributed by atoms with van der Waals surface area (Å²) < 4.78 is 21.9. The molecule has 38 heavy (non-hydrogen) atoms. The van der Waals surface area contributed by atoms with Gasteiger partial charge in [-0.25, -0.2) is 10.2 Å². The van der Waals surface area contributed by atoms with Gasteiger partial charge < -0.3 is 18.9 Å². The van der Waals surface area contributed by atoms with Crippen LogP contribution in [0.5, 0.6) is 23.0 Å². The van der Waals surface area contributed by atoms with Crippen molar-refractivity contribution < 1.29 is 33.5 Å². The fraction of sp³-hybridized carbons (Fsp3) is 0.222. The number of carbonyl (C=O) groups is 2. The van der Waals surface area contributed by atoms with Gasteiger partial charge in [0.05, 0.1) is 29.9 Å². The normalized spacial score (nSPS) is 10.6. The van der Waals surface area contributed by atoms with E-state index in [1.165, 1.54) is 24.4 Å². The molecule has 3 aromatic carbocycles. The monoisotopic (exact) mass is 521 g/mol. The summed E-state index contributed by atoms with van der Waals surface area (Å²) in [5.74, 6) is 0.0216. The smallest absolute Gasteiger partial charge is 0.343 e. The van der Waals surface area contributed by atoms with E-state index >= 15 is 0 Å². The minimum absolute atomic E-state index is 0.0242. The van der Waals surface area contributed by atoms with Crippen molar-refractivity contribution in [3.05, 3.63) is 88.0 Å². The van der Waals surface area contributed by atoms with E-state index < -0.39 is 23.4 Å². The Morgan fingerprint density at radius 3 is 2.42 bits per heavy atom. The number of rotatable bonds is 13. The van der Waals surface area contributed by atoms with E-state index in [-0.39, 0.29) is 17.2 Å². The van der Waals surface area contributed by atoms with Crippen molar-refractivity contribution in [2.24, 2.45) is 5.10 Å². The first kappa shape index (κ1) is 27.7. The maximum atomic E-state index is 12.6. The minimum Gasteiger partial charge on any atom is -0.494 e. The third-order valence-corrected chi connectivity index (χ3v) is 4.86. The second-order valence-corrected chi connectivity index (χ2v) is 7.71. The highest BCUT2D eigenvalue weighted by atomic mass is 16.6. The largest absolute Gasteiger partial charge is 0.494 e. The van der Waals surface area contributed by atoms with Gasteiger partial charge in [-0.2, -0.15) is 5.10 Å². The van der Waals surface area contributed by atoms with Crippen molar-refractivity contribution in [2.45, 2.75) is 20.3 Å². The molecule has 0 atom stereocenters. The Morgan fingerprint density at radius 2 is 1.71 bits per heavy atom. The number of amides is 1. The molecule has 11 heteroatoms. The van der Waals surface area contributed by atoms with Crippen LogP contribution in [0.3, 0.4) is 0 Å². The van der Waals surface area contributed by atoms with Crippen molar-refractivity contribution in [3.8, 4) is 23.0 Å². The number of para-hydroxylation sites is 2. The number of benzene rings is 3. The zero-order chi connectivity index (χ0) is 27.3. The first-order valence-corrected chi connectivity index (χ1v) is 11.8. The summed E-state index contributed by atoms with van der Waals surface area (Å²) >= 11 is 0. The zero-order valence-corrected chi connectivity index (χ0v) is 20.9. The van der Waals surface area contributed by atoms with E-state index in [0.29, 0.717) is 35.8 Å². The number of nitro groups is 1. The zero-order valence-electron chi connectivity index (χ0n) is 20.9. The first-order valence-electron chi connectivity index (χ1n) is 11.8. The Morgan fingerprint density at radius 1 is 0.947 bits per heavy atom. The van der Waals surface area contributed by atoms with Gasteiger partial charge in [-0.05, 0) is 67.4 Å². The molecule has 0 saturated heterocycles. The van der Waals surface area contributed by atoms with Crippen LogP contribution in [-0.4, -0.2) is 42.8 Å². The van der Waals surface area contributed by atoms with Crippen molar-refractivity contribution >= 4 is 23.8 Å². The van der Waals surface area contributed by atoms with E-state index in [9.17, 15) is 19.7 Å². The van der Waals surface area contributed by atoms with Crippen molar-refractivity contribution in [3.63, 3.8) is 0 Å². The van der Waals surface area contributed by atoms with E-state index in [1.54, 1.807) is 55.5 Å². The molecule has 0 bridgehead atoms. The lowest BCUT2D eigenvalue weighted by Crippen LogP contribution is -2.24. The summed E-state index contributed by atoms with van der Waals surface area (Å²) in [6.07, 6.45) is 2.25. The first-order chi connectivity index (χ1) is 18.4.